The summed E-state index contributed by atoms with van der Waals surface area (Å²) >= 11 is 1.41. The highest BCUT2D eigenvalue weighted by molar-refractivity contribution is 7.16. The molecule has 0 radical (unpaired) electrons. The molecule has 3 aromatic rings. The first-order valence-corrected chi connectivity index (χ1v) is 11.0. The minimum atomic E-state index is -0.457. The molecule has 0 aliphatic carbocycles. The minimum Gasteiger partial charge on any atom is -0.497 e. The van der Waals surface area contributed by atoms with Crippen LogP contribution in [0, 0.1) is 12.8 Å². The molecule has 0 spiro atoms. The fourth-order valence-electron chi connectivity index (χ4n) is 3.86. The van der Waals surface area contributed by atoms with Crippen molar-refractivity contribution in [2.45, 2.75) is 13.3 Å². The van der Waals surface area contributed by atoms with E-state index in [1.165, 1.54) is 11.3 Å². The molecule has 2 amide bonds. The number of aromatic nitrogens is 1. The van der Waals surface area contributed by atoms with E-state index in [1.807, 2.05) is 31.2 Å². The molecular formula is C23H21N3O5S. The van der Waals surface area contributed by atoms with Gasteiger partial charge in [0.25, 0.3) is 0 Å². The third-order valence-corrected chi connectivity index (χ3v) is 6.44. The summed E-state index contributed by atoms with van der Waals surface area (Å²) in [7, 11) is 1.62. The summed E-state index contributed by atoms with van der Waals surface area (Å²) in [5, 5.41) is 3.41. The van der Waals surface area contributed by atoms with E-state index in [0.29, 0.717) is 28.9 Å². The average molecular weight is 452 g/mol. The Morgan fingerprint density at radius 1 is 1.19 bits per heavy atom. The van der Waals surface area contributed by atoms with Gasteiger partial charge in [0.1, 0.15) is 5.75 Å². The Morgan fingerprint density at radius 2 is 1.97 bits per heavy atom. The van der Waals surface area contributed by atoms with E-state index in [1.54, 1.807) is 30.2 Å². The number of ether oxygens (including phenoxy) is 3. The van der Waals surface area contributed by atoms with Crippen LogP contribution in [-0.4, -0.2) is 37.2 Å². The lowest BCUT2D eigenvalue weighted by molar-refractivity contribution is -0.122. The van der Waals surface area contributed by atoms with Gasteiger partial charge >= 0.3 is 0 Å². The number of nitrogens with zero attached hydrogens (tertiary/aromatic N) is 2. The largest absolute Gasteiger partial charge is 0.497 e. The van der Waals surface area contributed by atoms with Crippen LogP contribution in [0.5, 0.6) is 17.2 Å². The zero-order chi connectivity index (χ0) is 22.2. The molecule has 5 rings (SSSR count). The predicted molar refractivity (Wildman–Crippen MR) is 120 cm³/mol. The molecular weight excluding hydrogens is 430 g/mol. The molecule has 2 aromatic carbocycles. The third-order valence-electron chi connectivity index (χ3n) is 5.55. The van der Waals surface area contributed by atoms with Crippen LogP contribution in [-0.2, 0) is 9.59 Å². The highest BCUT2D eigenvalue weighted by Crippen LogP contribution is 2.37. The van der Waals surface area contributed by atoms with Crippen LogP contribution in [0.1, 0.15) is 11.3 Å². The molecule has 0 saturated carbocycles. The zero-order valence-electron chi connectivity index (χ0n) is 17.6. The summed E-state index contributed by atoms with van der Waals surface area (Å²) in [5.41, 5.74) is 2.46. The van der Waals surface area contributed by atoms with E-state index in [-0.39, 0.29) is 25.0 Å². The SMILES string of the molecule is COc1ccc(-c2nc(NC(=O)C3CC(=O)N(c4ccc5c(c4)OCO5)C3)sc2C)cc1. The number of fused-ring (bicyclic) bond motifs is 1. The van der Waals surface area contributed by atoms with Crippen molar-refractivity contribution in [1.82, 2.24) is 4.98 Å². The molecule has 1 atom stereocenters. The number of benzene rings is 2. The maximum absolute atomic E-state index is 12.9. The highest BCUT2D eigenvalue weighted by atomic mass is 32.1. The Kier molecular flexibility index (Phi) is 5.18. The Bertz CT molecular complexity index is 1190. The van der Waals surface area contributed by atoms with E-state index in [0.717, 1.165) is 21.9 Å². The number of thiazole rings is 1. The van der Waals surface area contributed by atoms with Gasteiger partial charge in [-0.15, -0.1) is 11.3 Å². The van der Waals surface area contributed by atoms with Crippen molar-refractivity contribution in [1.29, 1.82) is 0 Å². The fourth-order valence-corrected chi connectivity index (χ4v) is 4.70. The predicted octanol–water partition coefficient (Wildman–Crippen LogP) is 3.85. The first kappa shape index (κ1) is 20.3. The van der Waals surface area contributed by atoms with Crippen LogP contribution in [0.25, 0.3) is 11.3 Å². The van der Waals surface area contributed by atoms with Gasteiger partial charge in [-0.1, -0.05) is 0 Å². The number of methoxy groups -OCH3 is 1. The summed E-state index contributed by atoms with van der Waals surface area (Å²) in [6, 6.07) is 13.0. The standard InChI is InChI=1S/C23H21N3O5S/c1-13-21(14-3-6-17(29-2)7-4-14)24-23(32-13)25-22(28)15-9-20(27)26(11-15)16-5-8-18-19(10-16)31-12-30-18/h3-8,10,15H,9,11-12H2,1-2H3,(H,24,25,28). The summed E-state index contributed by atoms with van der Waals surface area (Å²) in [6.45, 7) is 2.44. The summed E-state index contributed by atoms with van der Waals surface area (Å²) in [6.07, 6.45) is 0.149. The van der Waals surface area contributed by atoms with Gasteiger partial charge in [0, 0.05) is 35.2 Å². The number of rotatable bonds is 5. The molecule has 1 N–H and O–H groups in total. The van der Waals surface area contributed by atoms with E-state index < -0.39 is 5.92 Å². The van der Waals surface area contributed by atoms with Gasteiger partial charge in [-0.25, -0.2) is 4.98 Å². The third kappa shape index (κ3) is 3.75. The monoisotopic (exact) mass is 451 g/mol. The Hall–Kier alpha value is -3.59. The second-order valence-corrected chi connectivity index (χ2v) is 8.79. The molecule has 0 bridgehead atoms. The van der Waals surface area contributed by atoms with Crippen LogP contribution in [0.4, 0.5) is 10.8 Å². The van der Waals surface area contributed by atoms with E-state index >= 15 is 0 Å². The smallest absolute Gasteiger partial charge is 0.231 e. The van der Waals surface area contributed by atoms with Gasteiger partial charge in [0.15, 0.2) is 16.6 Å². The fraction of sp³-hybridized carbons (Fsp3) is 0.261. The number of amides is 2. The number of hydrogen-bond acceptors (Lipinski definition) is 7. The summed E-state index contributed by atoms with van der Waals surface area (Å²) < 4.78 is 15.9. The number of nitrogens with one attached hydrogen (secondary N) is 1. The van der Waals surface area contributed by atoms with Gasteiger partial charge in [0.2, 0.25) is 18.6 Å². The van der Waals surface area contributed by atoms with E-state index in [4.69, 9.17) is 14.2 Å². The van der Waals surface area contributed by atoms with Gasteiger partial charge < -0.3 is 24.4 Å². The Balaban J connectivity index is 1.28. The van der Waals surface area contributed by atoms with Crippen LogP contribution >= 0.6 is 11.3 Å². The van der Waals surface area contributed by atoms with Crippen molar-refractivity contribution in [3.8, 4) is 28.5 Å². The lowest BCUT2D eigenvalue weighted by atomic mass is 10.1. The number of carbonyl (C=O) groups excluding carboxylic acids is 2. The van der Waals surface area contributed by atoms with Crippen LogP contribution in [0.15, 0.2) is 42.5 Å². The average Bonchev–Trinajstić information content (AvgIpc) is 3.51. The molecule has 3 heterocycles. The topological polar surface area (TPSA) is 90.0 Å². The number of carbonyl (C=O) groups is 2. The number of aryl methyl sites for hydroxylation is 1. The second kappa shape index (κ2) is 8.16. The second-order valence-electron chi connectivity index (χ2n) is 7.58. The molecule has 32 heavy (non-hydrogen) atoms. The normalized spacial score (nSPS) is 17.0. The van der Waals surface area contributed by atoms with Crippen LogP contribution < -0.4 is 24.4 Å². The Morgan fingerprint density at radius 3 is 2.75 bits per heavy atom. The highest BCUT2D eigenvalue weighted by Gasteiger charge is 2.36. The molecule has 1 saturated heterocycles. The quantitative estimate of drug-likeness (QED) is 0.634. The summed E-state index contributed by atoms with van der Waals surface area (Å²) in [4.78, 5) is 32.7. The van der Waals surface area contributed by atoms with Crippen molar-refractivity contribution in [3.63, 3.8) is 0 Å². The maximum Gasteiger partial charge on any atom is 0.231 e. The van der Waals surface area contributed by atoms with Gasteiger partial charge in [-0.2, -0.15) is 0 Å². The van der Waals surface area contributed by atoms with Crippen molar-refractivity contribution in [3.05, 3.63) is 47.3 Å². The van der Waals surface area contributed by atoms with Crippen molar-refractivity contribution < 1.29 is 23.8 Å². The number of hydrogen-bond donors (Lipinski definition) is 1. The molecule has 2 aliphatic rings. The zero-order valence-corrected chi connectivity index (χ0v) is 18.4. The van der Waals surface area contributed by atoms with E-state index in [9.17, 15) is 9.59 Å². The van der Waals surface area contributed by atoms with Crippen molar-refractivity contribution >= 4 is 34.0 Å². The maximum atomic E-state index is 12.9. The Labute approximate surface area is 188 Å². The molecule has 1 unspecified atom stereocenters. The van der Waals surface area contributed by atoms with Gasteiger partial charge in [-0.3, -0.25) is 9.59 Å². The molecule has 164 valence electrons. The van der Waals surface area contributed by atoms with E-state index in [2.05, 4.69) is 10.3 Å². The number of anilines is 2. The molecule has 9 heteroatoms. The summed E-state index contributed by atoms with van der Waals surface area (Å²) in [5.74, 6) is 1.26. The van der Waals surface area contributed by atoms with Gasteiger partial charge in [0.05, 0.1) is 18.7 Å². The lowest BCUT2D eigenvalue weighted by Crippen LogP contribution is -2.28. The van der Waals surface area contributed by atoms with Gasteiger partial charge in [-0.05, 0) is 43.3 Å². The first-order chi connectivity index (χ1) is 15.5. The molecule has 1 aromatic heterocycles. The minimum absolute atomic E-state index is 0.0988. The lowest BCUT2D eigenvalue weighted by Gasteiger charge is -2.17. The molecule has 2 aliphatic heterocycles. The molecule has 1 fully saturated rings. The first-order valence-electron chi connectivity index (χ1n) is 10.1. The molecule has 8 nitrogen and oxygen atoms in total. The van der Waals surface area contributed by atoms with Crippen LogP contribution in [0.3, 0.4) is 0 Å². The van der Waals surface area contributed by atoms with Crippen LogP contribution in [0.2, 0.25) is 0 Å². The van der Waals surface area contributed by atoms with Crippen molar-refractivity contribution in [2.24, 2.45) is 5.92 Å². The van der Waals surface area contributed by atoms with Crippen molar-refractivity contribution in [2.75, 3.05) is 30.7 Å².